The molecule has 0 spiro atoms. The summed E-state index contributed by atoms with van der Waals surface area (Å²) in [5.41, 5.74) is 0. The second kappa shape index (κ2) is 23.4. The zero-order chi connectivity index (χ0) is 19.2. The van der Waals surface area contributed by atoms with Crippen LogP contribution in [0.25, 0.3) is 0 Å². The maximum atomic E-state index is 11.8. The Hall–Kier alpha value is -0.610. The van der Waals surface area contributed by atoms with Crippen molar-refractivity contribution in [1.82, 2.24) is 5.32 Å². The molecule has 0 aromatic carbocycles. The molecule has 0 aliphatic carbocycles. The summed E-state index contributed by atoms with van der Waals surface area (Å²) >= 11 is 0. The summed E-state index contributed by atoms with van der Waals surface area (Å²) in [6.07, 6.45) is 10.0. The van der Waals surface area contributed by atoms with Crippen molar-refractivity contribution in [1.29, 1.82) is 0 Å². The number of rotatable bonds is 17. The molecule has 0 saturated heterocycles. The van der Waals surface area contributed by atoms with Crippen molar-refractivity contribution in [2.45, 2.75) is 92.4 Å². The summed E-state index contributed by atoms with van der Waals surface area (Å²) in [5, 5.41) is 3.02. The largest absolute Gasteiger partial charge is 0.379 e. The molecular formula is C21H47NO3. The fourth-order valence-corrected chi connectivity index (χ4v) is 2.47. The number of ether oxygens (including phenoxy) is 2. The number of carbonyl (C=O) groups is 1. The molecule has 0 fully saturated rings. The van der Waals surface area contributed by atoms with E-state index in [1.54, 1.807) is 0 Å². The van der Waals surface area contributed by atoms with Gasteiger partial charge in [0.2, 0.25) is 5.91 Å². The minimum absolute atomic E-state index is 0. The minimum Gasteiger partial charge on any atom is -0.379 e. The Kier molecular flexibility index (Phi) is 24.9. The van der Waals surface area contributed by atoms with Crippen LogP contribution in [-0.2, 0) is 14.3 Å². The molecular weight excluding hydrogens is 314 g/mol. The van der Waals surface area contributed by atoms with Crippen molar-refractivity contribution in [3.63, 3.8) is 0 Å². The lowest BCUT2D eigenvalue weighted by molar-refractivity contribution is -0.125. The molecule has 0 saturated carbocycles. The maximum Gasteiger partial charge on any atom is 0.223 e. The summed E-state index contributed by atoms with van der Waals surface area (Å²) in [6.45, 7) is 14.2. The van der Waals surface area contributed by atoms with Crippen LogP contribution in [0.2, 0.25) is 0 Å². The highest BCUT2D eigenvalue weighted by molar-refractivity contribution is 5.78. The van der Waals surface area contributed by atoms with Gasteiger partial charge in [-0.1, -0.05) is 53.9 Å². The van der Waals surface area contributed by atoms with Crippen LogP contribution in [0.5, 0.6) is 0 Å². The standard InChI is InChI=1S/C19H39NO3.C2H6.H2/c1-4-7-8-11-14-22-16-17-23-15-12-9-10-13-20-19(21)18(5-2)6-3;1-2;/h18H,4-17H2,1-3H3,(H,20,21);1-2H3;1H. The van der Waals surface area contributed by atoms with Gasteiger partial charge in [-0.3, -0.25) is 4.79 Å². The van der Waals surface area contributed by atoms with E-state index in [9.17, 15) is 4.79 Å². The lowest BCUT2D eigenvalue weighted by Gasteiger charge is -2.12. The molecule has 0 aromatic rings. The molecule has 0 unspecified atom stereocenters. The van der Waals surface area contributed by atoms with Crippen molar-refractivity contribution in [2.75, 3.05) is 33.0 Å². The Morgan fingerprint density at radius 3 is 1.80 bits per heavy atom. The first-order chi connectivity index (χ1) is 12.3. The smallest absolute Gasteiger partial charge is 0.223 e. The maximum absolute atomic E-state index is 11.8. The number of hydrogen-bond acceptors (Lipinski definition) is 3. The Bertz CT molecular complexity index is 262. The van der Waals surface area contributed by atoms with Crippen molar-refractivity contribution in [2.24, 2.45) is 5.92 Å². The fourth-order valence-electron chi connectivity index (χ4n) is 2.47. The van der Waals surface area contributed by atoms with Crippen molar-refractivity contribution >= 4 is 5.91 Å². The first-order valence-electron chi connectivity index (χ1n) is 10.7. The van der Waals surface area contributed by atoms with Crippen molar-refractivity contribution in [3.05, 3.63) is 0 Å². The Morgan fingerprint density at radius 1 is 0.800 bits per heavy atom. The van der Waals surface area contributed by atoms with E-state index in [4.69, 9.17) is 9.47 Å². The Labute approximate surface area is 158 Å². The fraction of sp³-hybridized carbons (Fsp3) is 0.952. The molecule has 0 rings (SSSR count). The third kappa shape index (κ3) is 19.6. The Morgan fingerprint density at radius 2 is 1.32 bits per heavy atom. The number of nitrogens with one attached hydrogen (secondary N) is 1. The molecule has 154 valence electrons. The van der Waals surface area contributed by atoms with Gasteiger partial charge in [0.1, 0.15) is 0 Å². The normalized spacial score (nSPS) is 10.5. The first kappa shape index (κ1) is 26.6. The lowest BCUT2D eigenvalue weighted by Crippen LogP contribution is -2.30. The zero-order valence-corrected chi connectivity index (χ0v) is 17.7. The monoisotopic (exact) mass is 361 g/mol. The summed E-state index contributed by atoms with van der Waals surface area (Å²) in [5.74, 6) is 0.391. The van der Waals surface area contributed by atoms with Crippen LogP contribution in [0, 0.1) is 5.92 Å². The first-order valence-corrected chi connectivity index (χ1v) is 10.7. The topological polar surface area (TPSA) is 47.6 Å². The summed E-state index contributed by atoms with van der Waals surface area (Å²) in [4.78, 5) is 11.8. The van der Waals surface area contributed by atoms with Gasteiger partial charge in [-0.25, -0.2) is 0 Å². The summed E-state index contributed by atoms with van der Waals surface area (Å²) in [7, 11) is 0. The third-order valence-electron chi connectivity index (χ3n) is 4.14. The number of unbranched alkanes of at least 4 members (excludes halogenated alkanes) is 5. The summed E-state index contributed by atoms with van der Waals surface area (Å²) < 4.78 is 11.1. The van der Waals surface area contributed by atoms with E-state index < -0.39 is 0 Å². The predicted octanol–water partition coefficient (Wildman–Crippen LogP) is 5.59. The van der Waals surface area contributed by atoms with Gasteiger partial charge in [0.25, 0.3) is 0 Å². The molecule has 0 aliphatic heterocycles. The van der Waals surface area contributed by atoms with Crippen molar-refractivity contribution < 1.29 is 15.7 Å². The molecule has 1 amide bonds. The van der Waals surface area contributed by atoms with E-state index in [1.165, 1.54) is 19.3 Å². The van der Waals surface area contributed by atoms with Crippen LogP contribution in [0.15, 0.2) is 0 Å². The summed E-state index contributed by atoms with van der Waals surface area (Å²) in [6, 6.07) is 0. The number of carbonyl (C=O) groups excluding carboxylic acids is 1. The van der Waals surface area contributed by atoms with E-state index in [1.807, 2.05) is 13.8 Å². The second-order valence-electron chi connectivity index (χ2n) is 6.15. The van der Waals surface area contributed by atoms with Gasteiger partial charge in [-0.15, -0.1) is 0 Å². The average Bonchev–Trinajstić information content (AvgIpc) is 2.64. The third-order valence-corrected chi connectivity index (χ3v) is 4.14. The quantitative estimate of drug-likeness (QED) is 0.343. The molecule has 0 aliphatic rings. The van der Waals surface area contributed by atoms with Crippen LogP contribution >= 0.6 is 0 Å². The molecule has 0 aromatic heterocycles. The molecule has 0 atom stereocenters. The van der Waals surface area contributed by atoms with Crippen LogP contribution in [-0.4, -0.2) is 38.9 Å². The molecule has 1 N–H and O–H groups in total. The Balaban J connectivity index is -0.00000170. The highest BCUT2D eigenvalue weighted by Crippen LogP contribution is 2.07. The second-order valence-corrected chi connectivity index (χ2v) is 6.15. The van der Waals surface area contributed by atoms with Gasteiger partial charge < -0.3 is 14.8 Å². The van der Waals surface area contributed by atoms with E-state index in [-0.39, 0.29) is 13.3 Å². The van der Waals surface area contributed by atoms with Gasteiger partial charge in [0, 0.05) is 27.1 Å². The minimum atomic E-state index is 0. The SMILES string of the molecule is CC.CCCCCCOCCOCCCCCNC(=O)C(CC)CC.[HH]. The van der Waals surface area contributed by atoms with Gasteiger partial charge in [-0.05, 0) is 38.5 Å². The van der Waals surface area contributed by atoms with Crippen LogP contribution < -0.4 is 5.32 Å². The molecule has 4 heteroatoms. The highest BCUT2D eigenvalue weighted by atomic mass is 16.5. The van der Waals surface area contributed by atoms with Crippen LogP contribution in [0.3, 0.4) is 0 Å². The predicted molar refractivity (Wildman–Crippen MR) is 110 cm³/mol. The highest BCUT2D eigenvalue weighted by Gasteiger charge is 2.12. The van der Waals surface area contributed by atoms with Crippen LogP contribution in [0.1, 0.15) is 93.8 Å². The molecule has 4 nitrogen and oxygen atoms in total. The molecule has 25 heavy (non-hydrogen) atoms. The number of amides is 1. The van der Waals surface area contributed by atoms with E-state index >= 15 is 0 Å². The van der Waals surface area contributed by atoms with Gasteiger partial charge >= 0.3 is 0 Å². The van der Waals surface area contributed by atoms with Crippen molar-refractivity contribution in [3.8, 4) is 0 Å². The van der Waals surface area contributed by atoms with Gasteiger partial charge in [0.05, 0.1) is 13.2 Å². The number of hydrogen-bond donors (Lipinski definition) is 1. The lowest BCUT2D eigenvalue weighted by atomic mass is 10.0. The zero-order valence-electron chi connectivity index (χ0n) is 17.7. The molecule has 0 heterocycles. The molecule has 0 bridgehead atoms. The molecule has 0 radical (unpaired) electrons. The van der Waals surface area contributed by atoms with Gasteiger partial charge in [0.15, 0.2) is 0 Å². The van der Waals surface area contributed by atoms with Gasteiger partial charge in [-0.2, -0.15) is 0 Å². The average molecular weight is 362 g/mol. The van der Waals surface area contributed by atoms with E-state index in [0.717, 1.165) is 58.3 Å². The van der Waals surface area contributed by atoms with E-state index in [0.29, 0.717) is 13.2 Å². The van der Waals surface area contributed by atoms with Crippen LogP contribution in [0.4, 0.5) is 0 Å². The van der Waals surface area contributed by atoms with E-state index in [2.05, 4.69) is 26.1 Å².